The number of hydrogen-bond donors (Lipinski definition) is 1. The van der Waals surface area contributed by atoms with Crippen LogP contribution >= 0.6 is 11.6 Å². The number of rotatable bonds is 4. The number of nitrogens with zero attached hydrogens (tertiary/aromatic N) is 3. The van der Waals surface area contributed by atoms with Gasteiger partial charge in [-0.15, -0.1) is 0 Å². The average molecular weight is 357 g/mol. The van der Waals surface area contributed by atoms with E-state index in [9.17, 15) is 4.79 Å². The molecule has 0 aliphatic heterocycles. The van der Waals surface area contributed by atoms with Crippen molar-refractivity contribution in [1.82, 2.24) is 20.1 Å². The first kappa shape index (κ1) is 17.4. The lowest BCUT2D eigenvalue weighted by Gasteiger charge is -2.12. The van der Waals surface area contributed by atoms with Crippen LogP contribution in [-0.4, -0.2) is 26.7 Å². The van der Waals surface area contributed by atoms with Crippen LogP contribution in [-0.2, 0) is 0 Å². The topological polar surface area (TPSA) is 59.8 Å². The van der Waals surface area contributed by atoms with E-state index >= 15 is 0 Å². The highest BCUT2D eigenvalue weighted by Gasteiger charge is 2.20. The van der Waals surface area contributed by atoms with E-state index in [1.807, 2.05) is 52.0 Å². The molecule has 130 valence electrons. The highest BCUT2D eigenvalue weighted by molar-refractivity contribution is 6.38. The molecule has 2 heterocycles. The summed E-state index contributed by atoms with van der Waals surface area (Å²) in [5.41, 5.74) is 3.84. The Morgan fingerprint density at radius 3 is 2.60 bits per heavy atom. The maximum Gasteiger partial charge on any atom is 0.254 e. The van der Waals surface area contributed by atoms with Gasteiger partial charge in [-0.05, 0) is 39.3 Å². The van der Waals surface area contributed by atoms with Crippen molar-refractivity contribution in [1.29, 1.82) is 0 Å². The summed E-state index contributed by atoms with van der Waals surface area (Å²) in [6.45, 7) is 7.88. The molecule has 0 unspecified atom stereocenters. The van der Waals surface area contributed by atoms with Crippen molar-refractivity contribution in [2.24, 2.45) is 0 Å². The molecule has 3 rings (SSSR count). The summed E-state index contributed by atoms with van der Waals surface area (Å²) in [5.74, 6) is -0.212. The molecule has 0 radical (unpaired) electrons. The Morgan fingerprint density at radius 2 is 1.96 bits per heavy atom. The smallest absolute Gasteiger partial charge is 0.254 e. The fraction of sp³-hybridized carbons (Fsp3) is 0.316. The van der Waals surface area contributed by atoms with Gasteiger partial charge in [0.25, 0.3) is 5.91 Å². The van der Waals surface area contributed by atoms with E-state index in [1.165, 1.54) is 11.8 Å². The van der Waals surface area contributed by atoms with Gasteiger partial charge in [0.15, 0.2) is 5.65 Å². The van der Waals surface area contributed by atoms with Gasteiger partial charge in [-0.2, -0.15) is 5.10 Å². The Kier molecular flexibility index (Phi) is 4.77. The quantitative estimate of drug-likeness (QED) is 0.761. The number of aromatic nitrogens is 3. The van der Waals surface area contributed by atoms with E-state index in [0.717, 1.165) is 17.8 Å². The zero-order valence-electron chi connectivity index (χ0n) is 14.8. The molecule has 1 aromatic carbocycles. The largest absolute Gasteiger partial charge is 0.350 e. The van der Waals surface area contributed by atoms with E-state index in [-0.39, 0.29) is 11.9 Å². The van der Waals surface area contributed by atoms with Crippen LogP contribution in [0.3, 0.4) is 0 Å². The van der Waals surface area contributed by atoms with Crippen molar-refractivity contribution < 1.29 is 4.79 Å². The van der Waals surface area contributed by atoms with Gasteiger partial charge in [0, 0.05) is 12.2 Å². The summed E-state index contributed by atoms with van der Waals surface area (Å²) in [5, 5.41) is 8.59. The van der Waals surface area contributed by atoms with Crippen molar-refractivity contribution in [3.8, 4) is 5.69 Å². The van der Waals surface area contributed by atoms with Crippen LogP contribution in [0.5, 0.6) is 0 Å². The highest BCUT2D eigenvalue weighted by atomic mass is 35.5. The van der Waals surface area contributed by atoms with Gasteiger partial charge in [-0.3, -0.25) is 4.79 Å². The fourth-order valence-electron chi connectivity index (χ4n) is 2.64. The number of aryl methyl sites for hydroxylation is 2. The van der Waals surface area contributed by atoms with Crippen LogP contribution in [0.2, 0.25) is 5.02 Å². The van der Waals surface area contributed by atoms with Crippen molar-refractivity contribution in [3.05, 3.63) is 52.3 Å². The molecule has 3 aromatic rings. The summed E-state index contributed by atoms with van der Waals surface area (Å²) in [4.78, 5) is 16.9. The minimum atomic E-state index is -0.212. The van der Waals surface area contributed by atoms with Crippen LogP contribution < -0.4 is 5.32 Å². The van der Waals surface area contributed by atoms with E-state index in [1.54, 1.807) is 4.68 Å². The Hall–Kier alpha value is -2.40. The van der Waals surface area contributed by atoms with E-state index in [2.05, 4.69) is 15.4 Å². The van der Waals surface area contributed by atoms with Crippen LogP contribution in [0.1, 0.15) is 41.9 Å². The van der Waals surface area contributed by atoms with Gasteiger partial charge in [0.1, 0.15) is 0 Å². The van der Waals surface area contributed by atoms with Crippen molar-refractivity contribution in [2.75, 3.05) is 0 Å². The highest BCUT2D eigenvalue weighted by Crippen LogP contribution is 2.30. The Balaban J connectivity index is 2.10. The van der Waals surface area contributed by atoms with Crippen molar-refractivity contribution >= 4 is 28.5 Å². The van der Waals surface area contributed by atoms with Gasteiger partial charge in [-0.25, -0.2) is 9.67 Å². The van der Waals surface area contributed by atoms with E-state index < -0.39 is 0 Å². The molecule has 0 bridgehead atoms. The molecule has 1 N–H and O–H groups in total. The molecule has 0 aliphatic rings. The lowest BCUT2D eigenvalue weighted by Crippen LogP contribution is -2.32. The number of fused-ring (bicyclic) bond motifs is 1. The molecular weight excluding hydrogens is 336 g/mol. The predicted octanol–water partition coefficient (Wildman–Crippen LogP) is 4.22. The molecule has 5 nitrogen and oxygen atoms in total. The monoisotopic (exact) mass is 356 g/mol. The second kappa shape index (κ2) is 6.84. The lowest BCUT2D eigenvalue weighted by atomic mass is 10.1. The molecule has 1 amide bonds. The van der Waals surface area contributed by atoms with E-state index in [4.69, 9.17) is 11.6 Å². The molecule has 0 aliphatic carbocycles. The molecule has 25 heavy (non-hydrogen) atoms. The van der Waals surface area contributed by atoms with Crippen molar-refractivity contribution in [3.63, 3.8) is 0 Å². The number of hydrogen-bond acceptors (Lipinski definition) is 3. The molecule has 0 spiro atoms. The second-order valence-electron chi connectivity index (χ2n) is 6.30. The molecule has 2 aromatic heterocycles. The Bertz CT molecular complexity index is 931. The van der Waals surface area contributed by atoms with Crippen LogP contribution in [0.15, 0.2) is 30.5 Å². The first-order valence-corrected chi connectivity index (χ1v) is 8.72. The first-order valence-electron chi connectivity index (χ1n) is 8.34. The van der Waals surface area contributed by atoms with Gasteiger partial charge in [-0.1, -0.05) is 36.2 Å². The summed E-state index contributed by atoms with van der Waals surface area (Å²) in [7, 11) is 0. The summed E-state index contributed by atoms with van der Waals surface area (Å²) < 4.78 is 1.76. The number of carbonyl (C=O) groups is 1. The fourth-order valence-corrected chi connectivity index (χ4v) is 2.99. The average Bonchev–Trinajstić information content (AvgIpc) is 2.93. The van der Waals surface area contributed by atoms with Crippen molar-refractivity contribution in [2.45, 2.75) is 40.2 Å². The first-order chi connectivity index (χ1) is 11.9. The SMILES string of the molecule is CC[C@H](C)NC(=O)c1cnc2c(c(C)nn2-c2ccc(C)cc2)c1Cl. The molecule has 1 atom stereocenters. The third-order valence-corrected chi connectivity index (χ3v) is 4.71. The van der Waals surface area contributed by atoms with Crippen LogP contribution in [0.25, 0.3) is 16.7 Å². The second-order valence-corrected chi connectivity index (χ2v) is 6.68. The normalized spacial score (nSPS) is 12.4. The van der Waals surface area contributed by atoms with Gasteiger partial charge >= 0.3 is 0 Å². The predicted molar refractivity (Wildman–Crippen MR) is 101 cm³/mol. The number of amides is 1. The zero-order valence-corrected chi connectivity index (χ0v) is 15.6. The maximum atomic E-state index is 12.4. The zero-order chi connectivity index (χ0) is 18.1. The Labute approximate surface area is 152 Å². The number of benzene rings is 1. The lowest BCUT2D eigenvalue weighted by molar-refractivity contribution is 0.0939. The maximum absolute atomic E-state index is 12.4. The minimum absolute atomic E-state index is 0.0793. The minimum Gasteiger partial charge on any atom is -0.350 e. The summed E-state index contributed by atoms with van der Waals surface area (Å²) in [6, 6.07) is 8.10. The number of halogens is 1. The summed E-state index contributed by atoms with van der Waals surface area (Å²) in [6.07, 6.45) is 2.37. The third kappa shape index (κ3) is 3.24. The number of nitrogens with one attached hydrogen (secondary N) is 1. The van der Waals surface area contributed by atoms with E-state index in [0.29, 0.717) is 21.6 Å². The molecule has 0 fully saturated rings. The van der Waals surface area contributed by atoms with Crippen LogP contribution in [0, 0.1) is 13.8 Å². The molecule has 0 saturated carbocycles. The standard InChI is InChI=1S/C19H21ClN4O/c1-5-12(3)22-19(25)15-10-21-18-16(17(15)20)13(4)23-24(18)14-8-6-11(2)7-9-14/h6-10,12H,5H2,1-4H3,(H,22,25)/t12-/m0/s1. The molecular formula is C19H21ClN4O. The third-order valence-electron chi connectivity index (χ3n) is 4.32. The van der Waals surface area contributed by atoms with Gasteiger partial charge in [0.05, 0.1) is 27.4 Å². The number of pyridine rings is 1. The summed E-state index contributed by atoms with van der Waals surface area (Å²) >= 11 is 6.54. The molecule has 0 saturated heterocycles. The Morgan fingerprint density at radius 1 is 1.28 bits per heavy atom. The molecule has 6 heteroatoms. The number of carbonyl (C=O) groups excluding carboxylic acids is 1. The van der Waals surface area contributed by atoms with Crippen LogP contribution in [0.4, 0.5) is 0 Å². The van der Waals surface area contributed by atoms with Gasteiger partial charge < -0.3 is 5.32 Å². The van der Waals surface area contributed by atoms with Gasteiger partial charge in [0.2, 0.25) is 0 Å².